The predicted octanol–water partition coefficient (Wildman–Crippen LogP) is 14.3. The van der Waals surface area contributed by atoms with Gasteiger partial charge in [-0.25, -0.2) is 29.7 Å². The van der Waals surface area contributed by atoms with Crippen LogP contribution in [0.15, 0.2) is 200 Å². The summed E-state index contributed by atoms with van der Waals surface area (Å²) in [6.07, 6.45) is -0.642. The molecular weight excluding hydrogens is 1030 g/mol. The van der Waals surface area contributed by atoms with E-state index in [1.54, 1.807) is 60.7 Å². The number of aromatic carboxylic acids is 1. The fourth-order valence-electron chi connectivity index (χ4n) is 7.18. The monoisotopic (exact) mass is 1090 g/mol. The number of nitrogens with two attached hydrogens (primary N) is 2. The van der Waals surface area contributed by atoms with Gasteiger partial charge in [0.05, 0.1) is 22.3 Å². The van der Waals surface area contributed by atoms with E-state index >= 15 is 0 Å². The number of carboxylic acids is 1. The number of hydrogen-bond acceptors (Lipinski definition) is 11. The first kappa shape index (κ1) is 58.8. The predicted molar refractivity (Wildman–Crippen MR) is 311 cm³/mol. The topological polar surface area (TPSA) is 240 Å². The van der Waals surface area contributed by atoms with E-state index in [1.807, 2.05) is 115 Å². The summed E-state index contributed by atoms with van der Waals surface area (Å²) in [6, 6.07) is 59.0. The van der Waals surface area contributed by atoms with Gasteiger partial charge in [-0.1, -0.05) is 209 Å². The van der Waals surface area contributed by atoms with E-state index in [0.29, 0.717) is 60.5 Å². The van der Waals surface area contributed by atoms with Crippen LogP contribution in [-0.2, 0) is 0 Å². The lowest BCUT2D eigenvalue weighted by atomic mass is 10.0. The zero-order chi connectivity index (χ0) is 52.1. The number of rotatable bonds is 9. The minimum Gasteiger partial charge on any atom is -0.478 e. The third-order valence-electron chi connectivity index (χ3n) is 11.0. The van der Waals surface area contributed by atoms with E-state index in [9.17, 15) is 19.5 Å². The lowest BCUT2D eigenvalue weighted by Crippen LogP contribution is -2.02. The average molecular weight is 1090 g/mol. The largest absolute Gasteiger partial charge is 0.478 e. The van der Waals surface area contributed by atoms with Crippen LogP contribution < -0.4 is 11.5 Å². The van der Waals surface area contributed by atoms with Crippen LogP contribution in [0.1, 0.15) is 81.7 Å². The van der Waals surface area contributed by atoms with Gasteiger partial charge in [-0.3, -0.25) is 9.59 Å². The quantitative estimate of drug-likeness (QED) is 0.0584. The van der Waals surface area contributed by atoms with Crippen molar-refractivity contribution in [1.82, 2.24) is 34.9 Å². The molecule has 390 valence electrons. The van der Waals surface area contributed by atoms with Crippen molar-refractivity contribution in [2.75, 3.05) is 11.5 Å². The first-order valence-corrected chi connectivity index (χ1v) is 23.6. The normalized spacial score (nSPS) is 10.5. The maximum absolute atomic E-state index is 12.4. The summed E-state index contributed by atoms with van der Waals surface area (Å²) in [4.78, 5) is 62.5. The number of ketones is 2. The molecule has 11 aromatic rings. The third kappa shape index (κ3) is 15.3. The molecule has 5 aromatic heterocycles. The number of aliphatic hydroxyl groups is 1. The molecule has 5 heterocycles. The number of carbonyl (C=O) groups excluding carboxylic acids is 2. The number of pyridine rings is 3. The van der Waals surface area contributed by atoms with Crippen LogP contribution in [-0.4, -0.2) is 62.6 Å². The van der Waals surface area contributed by atoms with Crippen molar-refractivity contribution in [2.45, 2.75) is 28.4 Å². The molecule has 11 rings (SSSR count). The van der Waals surface area contributed by atoms with Crippen molar-refractivity contribution < 1.29 is 24.6 Å². The minimum absolute atomic E-state index is 0. The molecule has 8 N–H and O–H groups in total. The molecule has 0 radical (unpaired) electrons. The van der Waals surface area contributed by atoms with Gasteiger partial charge in [-0.05, 0) is 59.7 Å². The summed E-state index contributed by atoms with van der Waals surface area (Å²) in [7, 11) is 0. The van der Waals surface area contributed by atoms with Gasteiger partial charge in [-0.2, -0.15) is 0 Å². The molecule has 0 saturated heterocycles. The summed E-state index contributed by atoms with van der Waals surface area (Å²) in [5.74, 6) is 0.591. The highest BCUT2D eigenvalue weighted by atomic mass is 35.5. The Balaban J connectivity index is 0.000000196. The highest BCUT2D eigenvalue weighted by Crippen LogP contribution is 2.27. The van der Waals surface area contributed by atoms with Crippen molar-refractivity contribution in [3.8, 4) is 22.8 Å². The van der Waals surface area contributed by atoms with Gasteiger partial charge in [0, 0.05) is 33.4 Å². The van der Waals surface area contributed by atoms with E-state index < -0.39 is 12.1 Å². The van der Waals surface area contributed by atoms with Crippen LogP contribution in [0.5, 0.6) is 0 Å². The number of H-pyrrole nitrogens is 2. The third-order valence-corrected chi connectivity index (χ3v) is 11.7. The molecule has 0 spiro atoms. The van der Waals surface area contributed by atoms with E-state index in [0.717, 1.165) is 39.1 Å². The number of carboxylic acid groups (broad SMARTS) is 1. The van der Waals surface area contributed by atoms with Crippen LogP contribution in [0.25, 0.3) is 45.1 Å². The maximum atomic E-state index is 12.4. The number of imidazole rings is 2. The Morgan fingerprint density at radius 1 is 0.416 bits per heavy atom. The highest BCUT2D eigenvalue weighted by Gasteiger charge is 2.14. The average Bonchev–Trinajstić information content (AvgIpc) is 4.08. The summed E-state index contributed by atoms with van der Waals surface area (Å²) < 4.78 is 0. The van der Waals surface area contributed by atoms with Crippen molar-refractivity contribution in [2.24, 2.45) is 0 Å². The number of halogens is 3. The minimum atomic E-state index is -0.997. The van der Waals surface area contributed by atoms with Gasteiger partial charge in [0.2, 0.25) is 0 Å². The Labute approximate surface area is 460 Å². The molecule has 0 aliphatic heterocycles. The number of hydrogen-bond donors (Lipinski definition) is 6. The summed E-state index contributed by atoms with van der Waals surface area (Å²) in [5, 5.41) is 20.4. The summed E-state index contributed by atoms with van der Waals surface area (Å²) in [5.41, 5.74) is 20.0. The number of fused-ring (bicyclic) bond motifs is 2. The van der Waals surface area contributed by atoms with Crippen molar-refractivity contribution >= 4 is 86.2 Å². The summed E-state index contributed by atoms with van der Waals surface area (Å²) in [6.45, 7) is 0. The molecule has 6 aromatic carbocycles. The molecule has 0 amide bonds. The van der Waals surface area contributed by atoms with Crippen LogP contribution >= 0.6 is 34.8 Å². The smallest absolute Gasteiger partial charge is 0.335 e. The standard InChI is InChI=1S/C19H14ClN3O.C19H12ClN3O.C14H10O3.C5H6ClN3.3CH4/c2*20-16-11-10-15-19(22-16)23-18(21-15)14-8-6-13(7-9-14)17(24)12-4-2-1-3-5-12;15-13(10-4-2-1-3-5-10)11-6-8-12(9-7-11)14(16)17;6-4-2-1-3(7)5(8)9-4;;;/h1-11,17,24H,(H,21,22,23);1-11H,(H,21,22,23);1-9H,(H,16,17);1-2H,7H2,(H2,8,9);3*1H4. The number of aromatic nitrogens is 7. The molecule has 0 fully saturated rings. The van der Waals surface area contributed by atoms with Crippen LogP contribution in [0.2, 0.25) is 15.5 Å². The molecule has 14 nitrogen and oxygen atoms in total. The first-order chi connectivity index (χ1) is 35.8. The van der Waals surface area contributed by atoms with Gasteiger partial charge < -0.3 is 31.6 Å². The second-order valence-corrected chi connectivity index (χ2v) is 17.2. The lowest BCUT2D eigenvalue weighted by Gasteiger charge is -2.11. The summed E-state index contributed by atoms with van der Waals surface area (Å²) >= 11 is 17.3. The Morgan fingerprint density at radius 3 is 1.18 bits per heavy atom. The van der Waals surface area contributed by atoms with Crippen molar-refractivity contribution in [3.05, 3.63) is 255 Å². The van der Waals surface area contributed by atoms with Crippen LogP contribution in [0.4, 0.5) is 11.5 Å². The molecule has 0 aliphatic rings. The molecular formula is C60H54Cl3N9O5. The van der Waals surface area contributed by atoms with Crippen LogP contribution in [0.3, 0.4) is 0 Å². The number of aromatic amines is 2. The molecule has 1 atom stereocenters. The van der Waals surface area contributed by atoms with Crippen LogP contribution in [0, 0.1) is 0 Å². The number of anilines is 2. The fourth-order valence-corrected chi connectivity index (χ4v) is 7.62. The highest BCUT2D eigenvalue weighted by molar-refractivity contribution is 6.30. The van der Waals surface area contributed by atoms with E-state index in [1.165, 1.54) is 24.3 Å². The lowest BCUT2D eigenvalue weighted by molar-refractivity contribution is 0.0696. The van der Waals surface area contributed by atoms with E-state index in [2.05, 4.69) is 34.9 Å². The number of nitrogen functional groups attached to an aromatic ring is 2. The molecule has 77 heavy (non-hydrogen) atoms. The number of aliphatic hydroxyl groups excluding tert-OH is 1. The Bertz CT molecular complexity index is 3700. The molecule has 1 unspecified atom stereocenters. The second-order valence-electron chi connectivity index (χ2n) is 16.1. The molecule has 0 aliphatic carbocycles. The van der Waals surface area contributed by atoms with Gasteiger partial charge in [-0.15, -0.1) is 0 Å². The van der Waals surface area contributed by atoms with Gasteiger partial charge >= 0.3 is 5.97 Å². The second kappa shape index (κ2) is 27.5. The number of benzene rings is 6. The number of nitrogens with one attached hydrogen (secondary N) is 2. The van der Waals surface area contributed by atoms with Crippen molar-refractivity contribution in [1.29, 1.82) is 0 Å². The number of carbonyl (C=O) groups is 3. The zero-order valence-corrected chi connectivity index (χ0v) is 41.0. The van der Waals surface area contributed by atoms with E-state index in [-0.39, 0.29) is 45.2 Å². The fraction of sp³-hybridized carbons (Fsp3) is 0.0667. The van der Waals surface area contributed by atoms with Crippen molar-refractivity contribution in [3.63, 3.8) is 0 Å². The zero-order valence-electron chi connectivity index (χ0n) is 38.8. The maximum Gasteiger partial charge on any atom is 0.335 e. The molecule has 0 saturated carbocycles. The Kier molecular flexibility index (Phi) is 21.0. The van der Waals surface area contributed by atoms with Gasteiger partial charge in [0.15, 0.2) is 22.9 Å². The Hall–Kier alpha value is -9.05. The first-order valence-electron chi connectivity index (χ1n) is 22.5. The van der Waals surface area contributed by atoms with Gasteiger partial charge in [0.25, 0.3) is 0 Å². The SMILES string of the molecule is C.C.C.Nc1ccc(Cl)nc1N.O=C(O)c1ccc(C(=O)c2ccccc2)cc1.O=C(c1ccccc1)c1ccc(-c2nc3nc(Cl)ccc3[nH]2)cc1.OC(c1ccccc1)c1ccc(-c2nc3nc(Cl)ccc3[nH]2)cc1. The molecule has 0 bridgehead atoms. The molecule has 17 heteroatoms. The van der Waals surface area contributed by atoms with Gasteiger partial charge in [0.1, 0.15) is 39.0 Å². The number of nitrogens with zero attached hydrogens (tertiary/aromatic N) is 5. The van der Waals surface area contributed by atoms with E-state index in [4.69, 9.17) is 51.4 Å². The Morgan fingerprint density at radius 2 is 0.766 bits per heavy atom.